The molecule has 2 unspecified atom stereocenters. The molecule has 0 aliphatic carbocycles. The van der Waals surface area contributed by atoms with Crippen molar-refractivity contribution in [3.8, 4) is 0 Å². The van der Waals surface area contributed by atoms with Crippen molar-refractivity contribution in [2.75, 3.05) is 23.9 Å². The van der Waals surface area contributed by atoms with Gasteiger partial charge in [0.15, 0.2) is 0 Å². The van der Waals surface area contributed by atoms with Gasteiger partial charge in [0, 0.05) is 31.3 Å². The standard InChI is InChI=1S/C11H19N5O2/c1-7-5-9(15-10(14-7)16-12)13-6-11(17)3-4-18-8(11)2/h5,8,17H,3-4,6,12H2,1-2H3,(H2,13,14,15,16). The molecule has 7 nitrogen and oxygen atoms in total. The van der Waals surface area contributed by atoms with Crippen molar-refractivity contribution in [3.63, 3.8) is 0 Å². The predicted octanol–water partition coefficient (Wildman–Crippen LogP) is 0.0224. The summed E-state index contributed by atoms with van der Waals surface area (Å²) in [5.74, 6) is 6.26. The van der Waals surface area contributed by atoms with Crippen LogP contribution in [0.1, 0.15) is 19.0 Å². The average Bonchev–Trinajstić information content (AvgIpc) is 2.67. The monoisotopic (exact) mass is 253 g/mol. The Morgan fingerprint density at radius 1 is 1.61 bits per heavy atom. The van der Waals surface area contributed by atoms with E-state index in [1.54, 1.807) is 6.07 Å². The van der Waals surface area contributed by atoms with Crippen LogP contribution < -0.4 is 16.6 Å². The lowest BCUT2D eigenvalue weighted by Gasteiger charge is -2.26. The zero-order valence-corrected chi connectivity index (χ0v) is 10.6. The Kier molecular flexibility index (Phi) is 3.65. The molecule has 1 aliphatic heterocycles. The molecule has 18 heavy (non-hydrogen) atoms. The van der Waals surface area contributed by atoms with E-state index in [-0.39, 0.29) is 6.10 Å². The first-order valence-electron chi connectivity index (χ1n) is 5.94. The largest absolute Gasteiger partial charge is 0.385 e. The summed E-state index contributed by atoms with van der Waals surface area (Å²) in [6.07, 6.45) is 0.438. The number of aliphatic hydroxyl groups is 1. The van der Waals surface area contributed by atoms with Crippen molar-refractivity contribution in [3.05, 3.63) is 11.8 Å². The second-order valence-electron chi connectivity index (χ2n) is 4.58. The van der Waals surface area contributed by atoms with Crippen LogP contribution in [0.2, 0.25) is 0 Å². The summed E-state index contributed by atoms with van der Waals surface area (Å²) in [6.45, 7) is 4.68. The van der Waals surface area contributed by atoms with Gasteiger partial charge in [0.1, 0.15) is 11.4 Å². The van der Waals surface area contributed by atoms with Gasteiger partial charge in [-0.2, -0.15) is 4.98 Å². The predicted molar refractivity (Wildman–Crippen MR) is 68.0 cm³/mol. The number of aryl methyl sites for hydroxylation is 1. The Hall–Kier alpha value is -1.44. The van der Waals surface area contributed by atoms with Gasteiger partial charge in [0.2, 0.25) is 5.95 Å². The van der Waals surface area contributed by atoms with E-state index in [4.69, 9.17) is 10.6 Å². The number of hydrogen-bond donors (Lipinski definition) is 4. The first-order valence-corrected chi connectivity index (χ1v) is 5.94. The van der Waals surface area contributed by atoms with Crippen LogP contribution in [0.15, 0.2) is 6.07 Å². The van der Waals surface area contributed by atoms with E-state index in [1.807, 2.05) is 13.8 Å². The van der Waals surface area contributed by atoms with Crippen molar-refractivity contribution in [2.24, 2.45) is 5.84 Å². The fourth-order valence-corrected chi connectivity index (χ4v) is 1.97. The number of aromatic nitrogens is 2. The number of ether oxygens (including phenoxy) is 1. The van der Waals surface area contributed by atoms with Crippen molar-refractivity contribution < 1.29 is 9.84 Å². The fourth-order valence-electron chi connectivity index (χ4n) is 1.97. The Bertz CT molecular complexity index is 428. The van der Waals surface area contributed by atoms with Crippen molar-refractivity contribution in [1.29, 1.82) is 0 Å². The van der Waals surface area contributed by atoms with Gasteiger partial charge in [0.25, 0.3) is 0 Å². The summed E-state index contributed by atoms with van der Waals surface area (Å²) in [6, 6.07) is 1.80. The third kappa shape index (κ3) is 2.69. The topological polar surface area (TPSA) is 105 Å². The molecule has 0 aromatic carbocycles. The molecule has 1 aliphatic rings. The number of hydrogen-bond acceptors (Lipinski definition) is 7. The van der Waals surface area contributed by atoms with Gasteiger partial charge >= 0.3 is 0 Å². The summed E-state index contributed by atoms with van der Waals surface area (Å²) >= 11 is 0. The highest BCUT2D eigenvalue weighted by Crippen LogP contribution is 2.25. The minimum atomic E-state index is -0.852. The van der Waals surface area contributed by atoms with Crippen LogP contribution in [-0.4, -0.2) is 39.9 Å². The van der Waals surface area contributed by atoms with Crippen LogP contribution in [0.4, 0.5) is 11.8 Å². The molecule has 0 saturated carbocycles. The second-order valence-corrected chi connectivity index (χ2v) is 4.58. The molecule has 0 bridgehead atoms. The maximum Gasteiger partial charge on any atom is 0.239 e. The van der Waals surface area contributed by atoms with E-state index in [9.17, 15) is 5.11 Å². The van der Waals surface area contributed by atoms with Gasteiger partial charge in [-0.05, 0) is 13.8 Å². The van der Waals surface area contributed by atoms with Crippen LogP contribution in [0.3, 0.4) is 0 Å². The molecular formula is C11H19N5O2. The summed E-state index contributed by atoms with van der Waals surface area (Å²) in [4.78, 5) is 8.25. The lowest BCUT2D eigenvalue weighted by atomic mass is 9.97. The van der Waals surface area contributed by atoms with Crippen LogP contribution >= 0.6 is 0 Å². The van der Waals surface area contributed by atoms with Crippen LogP contribution in [0.5, 0.6) is 0 Å². The molecular weight excluding hydrogens is 234 g/mol. The number of nitrogens with two attached hydrogens (primary N) is 1. The maximum absolute atomic E-state index is 10.3. The number of nitrogen functional groups attached to an aromatic ring is 1. The molecule has 1 saturated heterocycles. The highest BCUT2D eigenvalue weighted by Gasteiger charge is 2.39. The highest BCUT2D eigenvalue weighted by atomic mass is 16.5. The fraction of sp³-hybridized carbons (Fsp3) is 0.636. The molecule has 5 N–H and O–H groups in total. The van der Waals surface area contributed by atoms with E-state index < -0.39 is 5.60 Å². The molecule has 2 rings (SSSR count). The number of hydrazine groups is 1. The number of nitrogens with one attached hydrogen (secondary N) is 2. The SMILES string of the molecule is Cc1cc(NCC2(O)CCOC2C)nc(NN)n1. The minimum Gasteiger partial charge on any atom is -0.385 e. The van der Waals surface area contributed by atoms with Gasteiger partial charge in [-0.3, -0.25) is 5.43 Å². The van der Waals surface area contributed by atoms with Gasteiger partial charge in [-0.1, -0.05) is 0 Å². The zero-order valence-electron chi connectivity index (χ0n) is 10.6. The molecule has 100 valence electrons. The van der Waals surface area contributed by atoms with E-state index in [0.29, 0.717) is 31.3 Å². The Balaban J connectivity index is 2.04. The summed E-state index contributed by atoms with van der Waals surface area (Å²) in [5.41, 5.74) is 2.35. The van der Waals surface area contributed by atoms with Crippen LogP contribution in [0.25, 0.3) is 0 Å². The molecule has 2 heterocycles. The molecule has 1 aromatic heterocycles. The molecule has 0 radical (unpaired) electrons. The molecule has 7 heteroatoms. The summed E-state index contributed by atoms with van der Waals surface area (Å²) in [7, 11) is 0. The summed E-state index contributed by atoms with van der Waals surface area (Å²) < 4.78 is 5.37. The molecule has 2 atom stereocenters. The lowest BCUT2D eigenvalue weighted by Crippen LogP contribution is -2.43. The Morgan fingerprint density at radius 2 is 2.39 bits per heavy atom. The molecule has 1 fully saturated rings. The number of rotatable bonds is 4. The normalized spacial score (nSPS) is 27.2. The van der Waals surface area contributed by atoms with Crippen molar-refractivity contribution >= 4 is 11.8 Å². The van der Waals surface area contributed by atoms with Crippen LogP contribution in [0, 0.1) is 6.92 Å². The van der Waals surface area contributed by atoms with E-state index >= 15 is 0 Å². The highest BCUT2D eigenvalue weighted by molar-refractivity contribution is 5.42. The Morgan fingerprint density at radius 3 is 3.00 bits per heavy atom. The Labute approximate surface area is 106 Å². The first-order chi connectivity index (χ1) is 8.53. The lowest BCUT2D eigenvalue weighted by molar-refractivity contribution is -0.0176. The third-order valence-electron chi connectivity index (χ3n) is 3.22. The second kappa shape index (κ2) is 5.05. The van der Waals surface area contributed by atoms with Gasteiger partial charge in [0.05, 0.1) is 6.10 Å². The quantitative estimate of drug-likeness (QED) is 0.443. The molecule has 0 spiro atoms. The summed E-state index contributed by atoms with van der Waals surface area (Å²) in [5, 5.41) is 13.4. The van der Waals surface area contributed by atoms with E-state index in [1.165, 1.54) is 0 Å². The molecule has 0 amide bonds. The van der Waals surface area contributed by atoms with Crippen molar-refractivity contribution in [2.45, 2.75) is 32.0 Å². The van der Waals surface area contributed by atoms with Gasteiger partial charge in [-0.15, -0.1) is 0 Å². The first kappa shape index (κ1) is 13.0. The number of nitrogens with zero attached hydrogens (tertiary/aromatic N) is 2. The zero-order chi connectivity index (χ0) is 13.2. The average molecular weight is 253 g/mol. The third-order valence-corrected chi connectivity index (χ3v) is 3.22. The van der Waals surface area contributed by atoms with Crippen LogP contribution in [-0.2, 0) is 4.74 Å². The van der Waals surface area contributed by atoms with E-state index in [2.05, 4.69) is 20.7 Å². The molecule has 1 aromatic rings. The minimum absolute atomic E-state index is 0.181. The van der Waals surface area contributed by atoms with Crippen molar-refractivity contribution in [1.82, 2.24) is 9.97 Å². The van der Waals surface area contributed by atoms with E-state index in [0.717, 1.165) is 5.69 Å². The van der Waals surface area contributed by atoms with Gasteiger partial charge < -0.3 is 15.2 Å². The maximum atomic E-state index is 10.3. The smallest absolute Gasteiger partial charge is 0.239 e. The number of anilines is 2. The van der Waals surface area contributed by atoms with Gasteiger partial charge in [-0.25, -0.2) is 10.8 Å².